The Morgan fingerprint density at radius 2 is 2.00 bits per heavy atom. The van der Waals surface area contributed by atoms with Gasteiger partial charge < -0.3 is 20.3 Å². The molecule has 0 saturated carbocycles. The van der Waals surface area contributed by atoms with Crippen LogP contribution in [0, 0.1) is 5.92 Å². The summed E-state index contributed by atoms with van der Waals surface area (Å²) in [5, 5.41) is 29.4. The van der Waals surface area contributed by atoms with Crippen molar-refractivity contribution in [2.24, 2.45) is 5.92 Å². The predicted octanol–water partition coefficient (Wildman–Crippen LogP) is 6.20. The molecule has 4 N–H and O–H groups in total. The van der Waals surface area contributed by atoms with Crippen LogP contribution in [0.25, 0.3) is 0 Å². The number of phenolic OH excluding ortho intramolecular Hbond substituents is 1. The first kappa shape index (κ1) is 34.4. The van der Waals surface area contributed by atoms with Gasteiger partial charge in [-0.1, -0.05) is 49.6 Å². The molecule has 5 rings (SSSR count). The summed E-state index contributed by atoms with van der Waals surface area (Å²) in [5.74, 6) is -0.856. The van der Waals surface area contributed by atoms with Gasteiger partial charge in [0.2, 0.25) is 5.91 Å². The van der Waals surface area contributed by atoms with E-state index >= 15 is 0 Å². The number of carbonyl (C=O) groups excluding carboxylic acids is 2. The number of β-lactam (4-membered cyclic amide) rings is 1. The number of amides is 2. The highest BCUT2D eigenvalue weighted by Crippen LogP contribution is 2.47. The summed E-state index contributed by atoms with van der Waals surface area (Å²) >= 11 is 1.48. The van der Waals surface area contributed by atoms with Crippen molar-refractivity contribution < 1.29 is 29.3 Å². The second kappa shape index (κ2) is 15.3. The number of carboxylic acid groups (broad SMARTS) is 1. The van der Waals surface area contributed by atoms with Crippen molar-refractivity contribution in [3.05, 3.63) is 80.7 Å². The van der Waals surface area contributed by atoms with Crippen LogP contribution in [0.1, 0.15) is 87.6 Å². The zero-order valence-corrected chi connectivity index (χ0v) is 28.5. The average Bonchev–Trinajstić information content (AvgIpc) is 3.54. The average molecular weight is 662 g/mol. The molecule has 2 aliphatic heterocycles. The Bertz CT molecular complexity index is 1560. The van der Waals surface area contributed by atoms with Crippen LogP contribution in [0.5, 0.6) is 11.5 Å². The molecular weight excluding hydrogens is 614 g/mol. The number of hydrogen-bond acceptors (Lipinski definition) is 7. The number of fused-ring (bicyclic) bond motifs is 1. The van der Waals surface area contributed by atoms with E-state index in [4.69, 9.17) is 4.74 Å². The van der Waals surface area contributed by atoms with Crippen LogP contribution in [0.2, 0.25) is 0 Å². The Balaban J connectivity index is 1.28. The molecule has 0 unspecified atom stereocenters. The maximum atomic E-state index is 13.1. The number of phenols is 1. The van der Waals surface area contributed by atoms with E-state index in [-0.39, 0.29) is 54.9 Å². The lowest BCUT2D eigenvalue weighted by atomic mass is 9.73. The van der Waals surface area contributed by atoms with Gasteiger partial charge in [-0.05, 0) is 93.0 Å². The van der Waals surface area contributed by atoms with Crippen LogP contribution < -0.4 is 15.4 Å². The minimum atomic E-state index is -1.17. The molecule has 1 aromatic heterocycles. The number of nitrogens with zero attached hydrogens (tertiary/aromatic N) is 1. The van der Waals surface area contributed by atoms with Crippen LogP contribution in [0.4, 0.5) is 0 Å². The molecule has 1 fully saturated rings. The van der Waals surface area contributed by atoms with E-state index in [1.165, 1.54) is 21.8 Å². The van der Waals surface area contributed by atoms with Crippen molar-refractivity contribution in [2.75, 3.05) is 13.3 Å². The van der Waals surface area contributed by atoms with Crippen LogP contribution in [0.3, 0.4) is 0 Å². The monoisotopic (exact) mass is 661 g/mol. The summed E-state index contributed by atoms with van der Waals surface area (Å²) in [6.07, 6.45) is 9.46. The second-order valence-corrected chi connectivity index (χ2v) is 14.1. The van der Waals surface area contributed by atoms with Crippen molar-refractivity contribution in [3.63, 3.8) is 0 Å². The molecular formula is C37H47N3O6S. The van der Waals surface area contributed by atoms with Crippen LogP contribution >= 0.6 is 11.3 Å². The highest BCUT2D eigenvalue weighted by Gasteiger charge is 2.53. The lowest BCUT2D eigenvalue weighted by Crippen LogP contribution is -2.71. The SMILES string of the molecule is C=C(C)[C@@H]1CCC(C)=C[C@H]1c1c(O)cc(CCCCC)cc1OCNCC1=C(C(=O)O)N2C(=O)[C@@H](NC(=O)Cc3cccs3)[C@H]2CC1. The van der Waals surface area contributed by atoms with E-state index in [0.717, 1.165) is 60.1 Å². The summed E-state index contributed by atoms with van der Waals surface area (Å²) in [5.41, 5.74) is 4.70. The highest BCUT2D eigenvalue weighted by atomic mass is 32.1. The molecule has 2 amide bonds. The van der Waals surface area contributed by atoms with Gasteiger partial charge >= 0.3 is 5.97 Å². The summed E-state index contributed by atoms with van der Waals surface area (Å²) < 4.78 is 6.33. The molecule has 1 aliphatic carbocycles. The number of carbonyl (C=O) groups is 3. The van der Waals surface area contributed by atoms with Crippen molar-refractivity contribution in [1.29, 1.82) is 0 Å². The molecule has 3 heterocycles. The Hall–Kier alpha value is -3.89. The molecule has 47 heavy (non-hydrogen) atoms. The first-order valence-corrected chi connectivity index (χ1v) is 17.6. The zero-order chi connectivity index (χ0) is 33.7. The third-order valence-corrected chi connectivity index (χ3v) is 10.5. The number of nitrogens with one attached hydrogen (secondary N) is 2. The Morgan fingerprint density at radius 1 is 1.19 bits per heavy atom. The Labute approximate surface area is 281 Å². The van der Waals surface area contributed by atoms with Gasteiger partial charge in [-0.25, -0.2) is 4.79 Å². The number of hydrogen-bond donors (Lipinski definition) is 4. The minimum Gasteiger partial charge on any atom is -0.507 e. The normalized spacial score (nSPS) is 22.3. The molecule has 0 bridgehead atoms. The number of benzene rings is 1. The summed E-state index contributed by atoms with van der Waals surface area (Å²) in [7, 11) is 0. The number of carboxylic acids is 1. The molecule has 0 spiro atoms. The maximum absolute atomic E-state index is 13.1. The Kier molecular flexibility index (Phi) is 11.2. The fourth-order valence-electron chi connectivity index (χ4n) is 7.19. The molecule has 0 radical (unpaired) electrons. The van der Waals surface area contributed by atoms with Crippen molar-refractivity contribution in [2.45, 2.75) is 96.6 Å². The topological polar surface area (TPSA) is 128 Å². The number of aryl methyl sites for hydroxylation is 1. The van der Waals surface area contributed by atoms with Gasteiger partial charge in [0.15, 0.2) is 0 Å². The van der Waals surface area contributed by atoms with Gasteiger partial charge in [-0.3, -0.25) is 19.8 Å². The second-order valence-electron chi connectivity index (χ2n) is 13.1. The fourth-order valence-corrected chi connectivity index (χ4v) is 7.89. The lowest BCUT2D eigenvalue weighted by molar-refractivity contribution is -0.156. The zero-order valence-electron chi connectivity index (χ0n) is 27.6. The third-order valence-electron chi connectivity index (χ3n) is 9.60. The number of rotatable bonds is 15. The fraction of sp³-hybridized carbons (Fsp3) is 0.486. The van der Waals surface area contributed by atoms with Crippen LogP contribution in [0.15, 0.2) is 64.7 Å². The van der Waals surface area contributed by atoms with Crippen molar-refractivity contribution >= 4 is 29.1 Å². The van der Waals surface area contributed by atoms with Crippen molar-refractivity contribution in [1.82, 2.24) is 15.5 Å². The van der Waals surface area contributed by atoms with Gasteiger partial charge in [-0.2, -0.15) is 0 Å². The number of ether oxygens (including phenoxy) is 1. The van der Waals surface area contributed by atoms with Gasteiger partial charge in [0, 0.05) is 22.9 Å². The van der Waals surface area contributed by atoms with Gasteiger partial charge in [0.25, 0.3) is 5.91 Å². The third kappa shape index (κ3) is 7.81. The maximum Gasteiger partial charge on any atom is 0.352 e. The Morgan fingerprint density at radius 3 is 2.70 bits per heavy atom. The quantitative estimate of drug-likeness (QED) is 0.0775. The molecule has 2 aromatic rings. The first-order valence-electron chi connectivity index (χ1n) is 16.7. The molecule has 10 heteroatoms. The van der Waals surface area contributed by atoms with Crippen LogP contribution in [-0.4, -0.2) is 58.3 Å². The summed E-state index contributed by atoms with van der Waals surface area (Å²) in [4.78, 5) is 40.2. The van der Waals surface area contributed by atoms with Crippen molar-refractivity contribution in [3.8, 4) is 11.5 Å². The van der Waals surface area contributed by atoms with Gasteiger partial charge in [0.05, 0.1) is 12.5 Å². The number of aliphatic carboxylic acids is 1. The van der Waals surface area contributed by atoms with E-state index in [1.54, 1.807) is 0 Å². The van der Waals surface area contributed by atoms with E-state index < -0.39 is 17.9 Å². The van der Waals surface area contributed by atoms with E-state index in [2.05, 4.69) is 37.1 Å². The number of aromatic hydroxyl groups is 1. The molecule has 4 atom stereocenters. The van der Waals surface area contributed by atoms with E-state index in [1.807, 2.05) is 36.6 Å². The molecule has 9 nitrogen and oxygen atoms in total. The molecule has 3 aliphatic rings. The largest absolute Gasteiger partial charge is 0.507 e. The minimum absolute atomic E-state index is 0.0223. The number of thiophene rings is 1. The highest BCUT2D eigenvalue weighted by molar-refractivity contribution is 7.10. The first-order chi connectivity index (χ1) is 22.6. The molecule has 1 aromatic carbocycles. The molecule has 1 saturated heterocycles. The standard InChI is InChI=1S/C37H47N3O6S/c1-5-6-7-9-24-17-30(41)33(28-16-23(4)11-13-27(28)22(2)3)31(18-24)46-21-38-20-25-12-14-29-34(36(43)40(29)35(25)37(44)45)39-32(42)19-26-10-8-15-47-26/h8,10,15-18,27-29,34,38,41H,2,5-7,9,11-14,19-21H2,1,3-4H3,(H,39,42)(H,44,45)/t27-,28+,29+,34-/m0/s1. The van der Waals surface area contributed by atoms with Crippen LogP contribution in [-0.2, 0) is 27.2 Å². The van der Waals surface area contributed by atoms with Gasteiger partial charge in [-0.15, -0.1) is 11.3 Å². The lowest BCUT2D eigenvalue weighted by Gasteiger charge is -2.50. The molecule has 252 valence electrons. The smallest absolute Gasteiger partial charge is 0.352 e. The van der Waals surface area contributed by atoms with E-state index in [9.17, 15) is 24.6 Å². The number of allylic oxidation sites excluding steroid dienone is 3. The van der Waals surface area contributed by atoms with E-state index in [0.29, 0.717) is 24.2 Å². The predicted molar refractivity (Wildman–Crippen MR) is 183 cm³/mol. The summed E-state index contributed by atoms with van der Waals surface area (Å²) in [6.45, 7) is 10.9. The summed E-state index contributed by atoms with van der Waals surface area (Å²) in [6, 6.07) is 6.54. The van der Waals surface area contributed by atoms with Gasteiger partial charge in [0.1, 0.15) is 30.0 Å². The number of unbranched alkanes of at least 4 members (excludes halogenated alkanes) is 2.